The molecule has 4 rings (SSSR count). The summed E-state index contributed by atoms with van der Waals surface area (Å²) in [7, 11) is 1.78. The molecule has 2 aromatic heterocycles. The van der Waals surface area contributed by atoms with Crippen molar-refractivity contribution in [2.75, 3.05) is 12.8 Å². The van der Waals surface area contributed by atoms with Crippen LogP contribution in [0.2, 0.25) is 10.0 Å². The van der Waals surface area contributed by atoms with Gasteiger partial charge in [0.2, 0.25) is 5.91 Å². The smallest absolute Gasteiger partial charge is 0.259 e. The van der Waals surface area contributed by atoms with Gasteiger partial charge in [0.25, 0.3) is 5.56 Å². The van der Waals surface area contributed by atoms with Crippen LogP contribution in [0.5, 0.6) is 0 Å². The van der Waals surface area contributed by atoms with Crippen LogP contribution in [0.25, 0.3) is 10.2 Å². The molecule has 0 saturated carbocycles. The predicted molar refractivity (Wildman–Crippen MR) is 131 cm³/mol. The minimum absolute atomic E-state index is 0.0302. The van der Waals surface area contributed by atoms with Crippen LogP contribution in [0.15, 0.2) is 23.0 Å². The van der Waals surface area contributed by atoms with Crippen molar-refractivity contribution in [3.05, 3.63) is 60.4 Å². The molecule has 0 radical (unpaired) electrons. The average molecular weight is 496 g/mol. The monoisotopic (exact) mass is 495 g/mol. The van der Waals surface area contributed by atoms with Crippen molar-refractivity contribution in [2.45, 2.75) is 44.4 Å². The van der Waals surface area contributed by atoms with E-state index in [0.717, 1.165) is 35.0 Å². The fourth-order valence-electron chi connectivity index (χ4n) is 3.80. The highest BCUT2D eigenvalue weighted by atomic mass is 35.5. The van der Waals surface area contributed by atoms with Crippen molar-refractivity contribution < 1.29 is 4.79 Å². The minimum Gasteiger partial charge on any atom is -0.341 e. The number of H-pyrrole nitrogens is 1. The topological polar surface area (TPSA) is 66.1 Å². The Bertz CT molecular complexity index is 1180. The predicted octanol–water partition coefficient (Wildman–Crippen LogP) is 5.45. The molecular weight excluding hydrogens is 473 g/mol. The third kappa shape index (κ3) is 5.28. The molecule has 1 aromatic carbocycles. The first kappa shape index (κ1) is 22.6. The molecule has 0 unspecified atom stereocenters. The number of halogens is 2. The van der Waals surface area contributed by atoms with Gasteiger partial charge < -0.3 is 9.88 Å². The molecule has 5 nitrogen and oxygen atoms in total. The van der Waals surface area contributed by atoms with Crippen LogP contribution >= 0.6 is 46.3 Å². The highest BCUT2D eigenvalue weighted by Crippen LogP contribution is 2.33. The molecule has 0 saturated heterocycles. The zero-order valence-corrected chi connectivity index (χ0v) is 20.3. The molecule has 164 valence electrons. The molecule has 1 aliphatic carbocycles. The molecule has 31 heavy (non-hydrogen) atoms. The second kappa shape index (κ2) is 9.94. The van der Waals surface area contributed by atoms with Crippen LogP contribution in [0, 0.1) is 0 Å². The number of carbonyl (C=O) groups excluding carboxylic acids is 1. The standard InChI is InChI=1S/C22H23Cl2N3O2S2/c1-27(11-13-6-7-15(23)16(24)10-13)19(28)8-9-30-12-18-25-21(29)20-14-4-2-3-5-17(14)31-22(20)26-18/h6-7,10H,2-5,8-9,11-12H2,1H3,(H,25,26,29). The molecule has 0 fully saturated rings. The number of rotatable bonds is 7. The first-order valence-electron chi connectivity index (χ1n) is 10.2. The number of hydrogen-bond acceptors (Lipinski definition) is 5. The van der Waals surface area contributed by atoms with Gasteiger partial charge in [0.05, 0.1) is 21.2 Å². The number of hydrogen-bond donors (Lipinski definition) is 1. The summed E-state index contributed by atoms with van der Waals surface area (Å²) in [6.45, 7) is 0.481. The lowest BCUT2D eigenvalue weighted by Gasteiger charge is -2.17. The summed E-state index contributed by atoms with van der Waals surface area (Å²) in [5.41, 5.74) is 2.11. The van der Waals surface area contributed by atoms with Gasteiger partial charge in [-0.2, -0.15) is 11.8 Å². The molecule has 3 aromatic rings. The molecule has 2 heterocycles. The fraction of sp³-hybridized carbons (Fsp3) is 0.409. The lowest BCUT2D eigenvalue weighted by Crippen LogP contribution is -2.26. The Morgan fingerprint density at radius 3 is 2.87 bits per heavy atom. The molecule has 9 heteroatoms. The van der Waals surface area contributed by atoms with Gasteiger partial charge in [0.1, 0.15) is 10.7 Å². The third-order valence-corrected chi connectivity index (χ3v) is 8.30. The van der Waals surface area contributed by atoms with E-state index < -0.39 is 0 Å². The Kier molecular flexibility index (Phi) is 7.26. The van der Waals surface area contributed by atoms with Crippen LogP contribution in [0.3, 0.4) is 0 Å². The zero-order chi connectivity index (χ0) is 22.0. The maximum atomic E-state index is 12.6. The van der Waals surface area contributed by atoms with Gasteiger partial charge in [-0.05, 0) is 48.9 Å². The minimum atomic E-state index is -0.0302. The van der Waals surface area contributed by atoms with Crippen molar-refractivity contribution in [1.82, 2.24) is 14.9 Å². The molecule has 1 N–H and O–H groups in total. The van der Waals surface area contributed by atoms with Crippen molar-refractivity contribution in [2.24, 2.45) is 0 Å². The first-order valence-corrected chi connectivity index (χ1v) is 12.9. The van der Waals surface area contributed by atoms with E-state index in [2.05, 4.69) is 9.97 Å². The van der Waals surface area contributed by atoms with Crippen LogP contribution < -0.4 is 5.56 Å². The summed E-state index contributed by atoms with van der Waals surface area (Å²) in [5, 5.41) is 1.77. The van der Waals surface area contributed by atoms with Crippen molar-refractivity contribution in [3.8, 4) is 0 Å². The maximum absolute atomic E-state index is 12.6. The first-order chi connectivity index (χ1) is 14.9. The van der Waals surface area contributed by atoms with Gasteiger partial charge in [-0.1, -0.05) is 29.3 Å². The van der Waals surface area contributed by atoms with Gasteiger partial charge in [-0.15, -0.1) is 11.3 Å². The molecule has 0 spiro atoms. The number of aromatic amines is 1. The second-order valence-corrected chi connectivity index (χ2v) is 10.7. The van der Waals surface area contributed by atoms with E-state index >= 15 is 0 Å². The Morgan fingerprint density at radius 2 is 2.06 bits per heavy atom. The molecule has 0 atom stereocenters. The summed E-state index contributed by atoms with van der Waals surface area (Å²) in [6, 6.07) is 5.39. The summed E-state index contributed by atoms with van der Waals surface area (Å²) in [5.74, 6) is 1.98. The lowest BCUT2D eigenvalue weighted by molar-refractivity contribution is -0.129. The van der Waals surface area contributed by atoms with E-state index in [9.17, 15) is 9.59 Å². The largest absolute Gasteiger partial charge is 0.341 e. The van der Waals surface area contributed by atoms with Crippen LogP contribution in [0.4, 0.5) is 0 Å². The number of amides is 1. The second-order valence-electron chi connectivity index (χ2n) is 7.70. The normalized spacial score (nSPS) is 13.4. The van der Waals surface area contributed by atoms with E-state index in [1.54, 1.807) is 47.2 Å². The highest BCUT2D eigenvalue weighted by molar-refractivity contribution is 7.98. The molecular formula is C22H23Cl2N3O2S2. The average Bonchev–Trinajstić information content (AvgIpc) is 3.12. The van der Waals surface area contributed by atoms with Gasteiger partial charge in [0, 0.05) is 30.6 Å². The highest BCUT2D eigenvalue weighted by Gasteiger charge is 2.19. The molecule has 0 bridgehead atoms. The summed E-state index contributed by atoms with van der Waals surface area (Å²) in [6.07, 6.45) is 4.78. The third-order valence-electron chi connectivity index (χ3n) is 5.40. The quantitative estimate of drug-likeness (QED) is 0.442. The summed E-state index contributed by atoms with van der Waals surface area (Å²) in [4.78, 5) is 36.5. The number of thioether (sulfide) groups is 1. The van der Waals surface area contributed by atoms with E-state index in [4.69, 9.17) is 23.2 Å². The van der Waals surface area contributed by atoms with E-state index in [1.165, 1.54) is 16.9 Å². The van der Waals surface area contributed by atoms with Crippen molar-refractivity contribution in [3.63, 3.8) is 0 Å². The van der Waals surface area contributed by atoms with E-state index in [1.807, 2.05) is 6.07 Å². The fourth-order valence-corrected chi connectivity index (χ4v) is 6.19. The molecule has 1 aliphatic rings. The number of fused-ring (bicyclic) bond motifs is 3. The number of aromatic nitrogens is 2. The number of carbonyl (C=O) groups is 1. The van der Waals surface area contributed by atoms with E-state index in [0.29, 0.717) is 40.3 Å². The van der Waals surface area contributed by atoms with Gasteiger partial charge >= 0.3 is 0 Å². The Labute approximate surface area is 199 Å². The van der Waals surface area contributed by atoms with Crippen LogP contribution in [-0.4, -0.2) is 33.6 Å². The van der Waals surface area contributed by atoms with Gasteiger partial charge in [-0.25, -0.2) is 4.98 Å². The lowest BCUT2D eigenvalue weighted by atomic mass is 9.97. The van der Waals surface area contributed by atoms with E-state index in [-0.39, 0.29) is 11.5 Å². The SMILES string of the molecule is CN(Cc1ccc(Cl)c(Cl)c1)C(=O)CCSCc1nc2sc3c(c2c(=O)[nH]1)CCCC3. The summed E-state index contributed by atoms with van der Waals surface area (Å²) >= 11 is 15.2. The number of benzene rings is 1. The number of nitrogens with zero attached hydrogens (tertiary/aromatic N) is 2. The zero-order valence-electron chi connectivity index (χ0n) is 17.2. The van der Waals surface area contributed by atoms with Gasteiger partial charge in [-0.3, -0.25) is 9.59 Å². The molecule has 1 amide bonds. The summed E-state index contributed by atoms with van der Waals surface area (Å²) < 4.78 is 0. The Balaban J connectivity index is 1.30. The molecule has 0 aliphatic heterocycles. The number of nitrogens with one attached hydrogen (secondary N) is 1. The maximum Gasteiger partial charge on any atom is 0.259 e. The van der Waals surface area contributed by atoms with Crippen LogP contribution in [-0.2, 0) is 29.9 Å². The Hall–Kier alpha value is -1.54. The van der Waals surface area contributed by atoms with Crippen molar-refractivity contribution in [1.29, 1.82) is 0 Å². The van der Waals surface area contributed by atoms with Gasteiger partial charge in [0.15, 0.2) is 0 Å². The Morgan fingerprint density at radius 1 is 1.26 bits per heavy atom. The number of thiophene rings is 1. The van der Waals surface area contributed by atoms with Crippen LogP contribution in [0.1, 0.15) is 41.1 Å². The van der Waals surface area contributed by atoms with Crippen molar-refractivity contribution >= 4 is 62.4 Å². The number of aryl methyl sites for hydroxylation is 2.